The van der Waals surface area contributed by atoms with Gasteiger partial charge < -0.3 is 25.8 Å². The van der Waals surface area contributed by atoms with Crippen molar-refractivity contribution in [2.75, 3.05) is 19.7 Å². The minimum Gasteiger partial charge on any atom is -0.444 e. The Morgan fingerprint density at radius 2 is 2.14 bits per heavy atom. The summed E-state index contributed by atoms with van der Waals surface area (Å²) in [5.74, 6) is 0. The first kappa shape index (κ1) is 18.2. The second-order valence-electron chi connectivity index (χ2n) is 7.06. The van der Waals surface area contributed by atoms with Gasteiger partial charge in [0.1, 0.15) is 5.60 Å². The highest BCUT2D eigenvalue weighted by molar-refractivity contribution is 5.68. The van der Waals surface area contributed by atoms with Gasteiger partial charge in [-0.05, 0) is 47.5 Å². The van der Waals surface area contributed by atoms with E-state index in [9.17, 15) is 4.79 Å². The molecule has 6 nitrogen and oxygen atoms in total. The maximum Gasteiger partial charge on any atom is 0.407 e. The molecule has 0 aliphatic carbocycles. The standard InChI is InChI=1S/C15H31N3O3/c1-11(18-13(19)21-14(2,3)4)12(9-16)17-10-15(5)7-6-8-20-15/h11-12,17H,6-10,16H2,1-5H3,(H,18,19). The van der Waals surface area contributed by atoms with Gasteiger partial charge in [-0.25, -0.2) is 4.79 Å². The molecule has 0 bridgehead atoms. The molecular formula is C15H31N3O3. The topological polar surface area (TPSA) is 85.6 Å². The first-order valence-electron chi connectivity index (χ1n) is 7.72. The molecule has 1 aliphatic heterocycles. The number of nitrogens with two attached hydrogens (primary N) is 1. The molecule has 1 aliphatic rings. The lowest BCUT2D eigenvalue weighted by molar-refractivity contribution is 0.0178. The highest BCUT2D eigenvalue weighted by atomic mass is 16.6. The van der Waals surface area contributed by atoms with Crippen molar-refractivity contribution in [3.63, 3.8) is 0 Å². The van der Waals surface area contributed by atoms with E-state index in [1.807, 2.05) is 27.7 Å². The third-order valence-electron chi connectivity index (χ3n) is 3.64. The van der Waals surface area contributed by atoms with Gasteiger partial charge in [0.05, 0.1) is 5.60 Å². The SMILES string of the molecule is CC(NC(=O)OC(C)(C)C)C(CN)NCC1(C)CCCO1. The van der Waals surface area contributed by atoms with E-state index in [1.165, 1.54) is 0 Å². The van der Waals surface area contributed by atoms with Gasteiger partial charge in [0.2, 0.25) is 0 Å². The van der Waals surface area contributed by atoms with E-state index in [-0.39, 0.29) is 17.7 Å². The average Bonchev–Trinajstić information content (AvgIpc) is 2.74. The minimum atomic E-state index is -0.499. The van der Waals surface area contributed by atoms with Crippen molar-refractivity contribution >= 4 is 6.09 Å². The summed E-state index contributed by atoms with van der Waals surface area (Å²) >= 11 is 0. The van der Waals surface area contributed by atoms with Crippen molar-refractivity contribution in [1.82, 2.24) is 10.6 Å². The Bertz CT molecular complexity index is 336. The molecule has 4 N–H and O–H groups in total. The van der Waals surface area contributed by atoms with E-state index in [2.05, 4.69) is 17.6 Å². The van der Waals surface area contributed by atoms with Gasteiger partial charge in [-0.15, -0.1) is 0 Å². The van der Waals surface area contributed by atoms with Crippen LogP contribution >= 0.6 is 0 Å². The van der Waals surface area contributed by atoms with Crippen LogP contribution in [0.15, 0.2) is 0 Å². The molecule has 1 amide bonds. The molecule has 0 aromatic carbocycles. The summed E-state index contributed by atoms with van der Waals surface area (Å²) in [5.41, 5.74) is 5.18. The van der Waals surface area contributed by atoms with Gasteiger partial charge in [-0.3, -0.25) is 0 Å². The number of amides is 1. The maximum absolute atomic E-state index is 11.8. The molecular weight excluding hydrogens is 270 g/mol. The van der Waals surface area contributed by atoms with E-state index in [0.717, 1.165) is 26.0 Å². The molecule has 6 heteroatoms. The van der Waals surface area contributed by atoms with Gasteiger partial charge >= 0.3 is 6.09 Å². The number of hydrogen-bond donors (Lipinski definition) is 3. The lowest BCUT2D eigenvalue weighted by Gasteiger charge is -2.30. The molecule has 1 fully saturated rings. The van der Waals surface area contributed by atoms with Crippen molar-refractivity contribution < 1.29 is 14.3 Å². The Labute approximate surface area is 128 Å². The highest BCUT2D eigenvalue weighted by Gasteiger charge is 2.31. The number of ether oxygens (including phenoxy) is 2. The van der Waals surface area contributed by atoms with E-state index in [1.54, 1.807) is 0 Å². The Morgan fingerprint density at radius 1 is 1.48 bits per heavy atom. The van der Waals surface area contributed by atoms with Crippen LogP contribution in [0.25, 0.3) is 0 Å². The zero-order chi connectivity index (χ0) is 16.1. The summed E-state index contributed by atoms with van der Waals surface area (Å²) in [6, 6.07) is -0.131. The molecule has 3 atom stereocenters. The average molecular weight is 301 g/mol. The molecule has 0 aromatic heterocycles. The predicted molar refractivity (Wildman–Crippen MR) is 83.3 cm³/mol. The summed E-state index contributed by atoms with van der Waals surface area (Å²) in [6.45, 7) is 11.5. The largest absolute Gasteiger partial charge is 0.444 e. The van der Waals surface area contributed by atoms with E-state index in [4.69, 9.17) is 15.2 Å². The number of hydrogen-bond acceptors (Lipinski definition) is 5. The lowest BCUT2D eigenvalue weighted by Crippen LogP contribution is -2.55. The third kappa shape index (κ3) is 6.63. The normalized spacial score (nSPS) is 25.4. The van der Waals surface area contributed by atoms with Crippen molar-refractivity contribution in [2.24, 2.45) is 5.73 Å². The molecule has 0 saturated carbocycles. The van der Waals surface area contributed by atoms with Crippen molar-refractivity contribution in [2.45, 2.75) is 70.7 Å². The number of carbonyl (C=O) groups is 1. The second-order valence-corrected chi connectivity index (χ2v) is 7.06. The fourth-order valence-corrected chi connectivity index (χ4v) is 2.38. The quantitative estimate of drug-likeness (QED) is 0.690. The summed E-state index contributed by atoms with van der Waals surface area (Å²) in [7, 11) is 0. The van der Waals surface area contributed by atoms with Gasteiger partial charge in [-0.2, -0.15) is 0 Å². The van der Waals surface area contributed by atoms with Gasteiger partial charge in [0.15, 0.2) is 0 Å². The monoisotopic (exact) mass is 301 g/mol. The Morgan fingerprint density at radius 3 is 2.62 bits per heavy atom. The molecule has 3 unspecified atom stereocenters. The fraction of sp³-hybridized carbons (Fsp3) is 0.933. The number of carbonyl (C=O) groups excluding carboxylic acids is 1. The fourth-order valence-electron chi connectivity index (χ4n) is 2.38. The van der Waals surface area contributed by atoms with Crippen molar-refractivity contribution in [1.29, 1.82) is 0 Å². The van der Waals surface area contributed by atoms with Crippen LogP contribution in [0, 0.1) is 0 Å². The zero-order valence-corrected chi connectivity index (χ0v) is 14.0. The third-order valence-corrected chi connectivity index (χ3v) is 3.64. The highest BCUT2D eigenvalue weighted by Crippen LogP contribution is 2.24. The molecule has 1 saturated heterocycles. The first-order chi connectivity index (χ1) is 9.65. The Kier molecular flexibility index (Phi) is 6.43. The predicted octanol–water partition coefficient (Wildman–Crippen LogP) is 1.39. The van der Waals surface area contributed by atoms with Crippen LogP contribution in [0.5, 0.6) is 0 Å². The van der Waals surface area contributed by atoms with Crippen LogP contribution in [0.4, 0.5) is 4.79 Å². The maximum atomic E-state index is 11.8. The van der Waals surface area contributed by atoms with Crippen LogP contribution in [-0.2, 0) is 9.47 Å². The summed E-state index contributed by atoms with van der Waals surface area (Å²) in [4.78, 5) is 11.8. The van der Waals surface area contributed by atoms with Crippen molar-refractivity contribution in [3.8, 4) is 0 Å². The zero-order valence-electron chi connectivity index (χ0n) is 14.0. The molecule has 21 heavy (non-hydrogen) atoms. The first-order valence-corrected chi connectivity index (χ1v) is 7.72. The van der Waals surface area contributed by atoms with Crippen LogP contribution in [0.1, 0.15) is 47.5 Å². The molecule has 124 valence electrons. The smallest absolute Gasteiger partial charge is 0.407 e. The van der Waals surface area contributed by atoms with Crippen LogP contribution in [0.2, 0.25) is 0 Å². The van der Waals surface area contributed by atoms with E-state index < -0.39 is 11.7 Å². The summed E-state index contributed by atoms with van der Waals surface area (Å²) < 4.78 is 11.0. The van der Waals surface area contributed by atoms with Gasteiger partial charge in [-0.1, -0.05) is 0 Å². The second kappa shape index (κ2) is 7.42. The van der Waals surface area contributed by atoms with Gasteiger partial charge in [0.25, 0.3) is 0 Å². The van der Waals surface area contributed by atoms with Gasteiger partial charge in [0, 0.05) is 31.8 Å². The Hall–Kier alpha value is -0.850. The number of rotatable bonds is 6. The van der Waals surface area contributed by atoms with E-state index in [0.29, 0.717) is 6.54 Å². The lowest BCUT2D eigenvalue weighted by atomic mass is 10.0. The van der Waals surface area contributed by atoms with Crippen molar-refractivity contribution in [3.05, 3.63) is 0 Å². The van der Waals surface area contributed by atoms with Crippen LogP contribution < -0.4 is 16.4 Å². The number of nitrogens with one attached hydrogen (secondary N) is 2. The van der Waals surface area contributed by atoms with Crippen LogP contribution in [0.3, 0.4) is 0 Å². The minimum absolute atomic E-state index is 0.0152. The molecule has 1 heterocycles. The molecule has 0 radical (unpaired) electrons. The van der Waals surface area contributed by atoms with Crippen LogP contribution in [-0.4, -0.2) is 49.1 Å². The number of alkyl carbamates (subject to hydrolysis) is 1. The summed E-state index contributed by atoms with van der Waals surface area (Å²) in [6.07, 6.45) is 1.72. The molecule has 0 spiro atoms. The van der Waals surface area contributed by atoms with E-state index >= 15 is 0 Å². The molecule has 1 rings (SSSR count). The molecule has 0 aromatic rings. The Balaban J connectivity index is 2.41. The summed E-state index contributed by atoms with van der Waals surface area (Å²) in [5, 5.41) is 6.23.